The minimum atomic E-state index is -3.41. The second-order valence-corrected chi connectivity index (χ2v) is 9.13. The number of benzene rings is 1. The molecule has 0 N–H and O–H groups in total. The van der Waals surface area contributed by atoms with E-state index < -0.39 is 21.5 Å². The van der Waals surface area contributed by atoms with Gasteiger partial charge in [0.15, 0.2) is 27.2 Å². The standard InChI is InChI=1S/C19H22O5S/c1-4-13-10(2)14(7-8-15(13)25(3,23)24)19(22)16-17(20)11-5-6-12(9-11)18(16)21/h7-8,11-12,16H,4-6,9H2,1-3H3. The highest BCUT2D eigenvalue weighted by Gasteiger charge is 2.50. The van der Waals surface area contributed by atoms with Crippen molar-refractivity contribution in [2.24, 2.45) is 17.8 Å². The molecule has 2 atom stereocenters. The lowest BCUT2D eigenvalue weighted by Crippen LogP contribution is -2.41. The van der Waals surface area contributed by atoms with Crippen molar-refractivity contribution in [3.8, 4) is 0 Å². The average molecular weight is 362 g/mol. The largest absolute Gasteiger partial charge is 0.298 e. The maximum absolute atomic E-state index is 13.0. The van der Waals surface area contributed by atoms with Gasteiger partial charge in [-0.05, 0) is 55.9 Å². The van der Waals surface area contributed by atoms with Crippen molar-refractivity contribution in [1.82, 2.24) is 0 Å². The molecule has 2 aliphatic carbocycles. The van der Waals surface area contributed by atoms with E-state index in [0.29, 0.717) is 36.8 Å². The quantitative estimate of drug-likeness (QED) is 0.606. The van der Waals surface area contributed by atoms with Crippen LogP contribution < -0.4 is 0 Å². The van der Waals surface area contributed by atoms with Crippen molar-refractivity contribution in [1.29, 1.82) is 0 Å². The molecule has 2 bridgehead atoms. The van der Waals surface area contributed by atoms with Crippen LogP contribution in [0.2, 0.25) is 0 Å². The highest BCUT2D eigenvalue weighted by Crippen LogP contribution is 2.41. The Morgan fingerprint density at radius 2 is 1.68 bits per heavy atom. The predicted octanol–water partition coefficient (Wildman–Crippen LogP) is 2.33. The molecule has 2 unspecified atom stereocenters. The van der Waals surface area contributed by atoms with E-state index in [9.17, 15) is 22.8 Å². The Morgan fingerprint density at radius 3 is 2.16 bits per heavy atom. The number of carbonyl (C=O) groups is 3. The molecule has 6 heteroatoms. The zero-order valence-corrected chi connectivity index (χ0v) is 15.5. The van der Waals surface area contributed by atoms with Crippen molar-refractivity contribution < 1.29 is 22.8 Å². The monoisotopic (exact) mass is 362 g/mol. The highest BCUT2D eigenvalue weighted by molar-refractivity contribution is 7.90. The summed E-state index contributed by atoms with van der Waals surface area (Å²) in [5.41, 5.74) is 1.42. The lowest BCUT2D eigenvalue weighted by Gasteiger charge is -2.25. The van der Waals surface area contributed by atoms with Crippen LogP contribution >= 0.6 is 0 Å². The van der Waals surface area contributed by atoms with Gasteiger partial charge in [-0.1, -0.05) is 6.92 Å². The first-order chi connectivity index (χ1) is 11.7. The second-order valence-electron chi connectivity index (χ2n) is 7.15. The first-order valence-electron chi connectivity index (χ1n) is 8.61. The Hall–Kier alpha value is -1.82. The van der Waals surface area contributed by atoms with Crippen molar-refractivity contribution in [3.05, 3.63) is 28.8 Å². The van der Waals surface area contributed by atoms with Gasteiger partial charge in [0, 0.05) is 23.7 Å². The van der Waals surface area contributed by atoms with E-state index in [2.05, 4.69) is 0 Å². The third-order valence-electron chi connectivity index (χ3n) is 5.64. The van der Waals surface area contributed by atoms with E-state index in [1.54, 1.807) is 6.92 Å². The minimum absolute atomic E-state index is 0.183. The van der Waals surface area contributed by atoms with Gasteiger partial charge >= 0.3 is 0 Å². The second kappa shape index (κ2) is 6.16. The molecule has 0 heterocycles. The van der Waals surface area contributed by atoms with Crippen LogP contribution in [0.15, 0.2) is 17.0 Å². The third kappa shape index (κ3) is 2.86. The molecule has 2 aliphatic rings. The molecule has 0 spiro atoms. The van der Waals surface area contributed by atoms with Crippen LogP contribution in [0.4, 0.5) is 0 Å². The molecule has 5 nitrogen and oxygen atoms in total. The lowest BCUT2D eigenvalue weighted by atomic mass is 9.74. The SMILES string of the molecule is CCc1c(S(C)(=O)=O)ccc(C(=O)C2C(=O)C3CCC(C3)C2=O)c1C. The van der Waals surface area contributed by atoms with Crippen molar-refractivity contribution in [2.75, 3.05) is 6.26 Å². The summed E-state index contributed by atoms with van der Waals surface area (Å²) >= 11 is 0. The molecule has 1 aromatic carbocycles. The van der Waals surface area contributed by atoms with Crippen LogP contribution in [0.25, 0.3) is 0 Å². The number of ketones is 3. The minimum Gasteiger partial charge on any atom is -0.298 e. The lowest BCUT2D eigenvalue weighted by molar-refractivity contribution is -0.137. The summed E-state index contributed by atoms with van der Waals surface area (Å²) in [7, 11) is -3.41. The Labute approximate surface area is 147 Å². The van der Waals surface area contributed by atoms with Crippen LogP contribution in [-0.2, 0) is 25.8 Å². The Bertz CT molecular complexity index is 859. The van der Waals surface area contributed by atoms with Crippen LogP contribution in [0.5, 0.6) is 0 Å². The summed E-state index contributed by atoms with van der Waals surface area (Å²) in [5.74, 6) is -2.56. The zero-order valence-electron chi connectivity index (χ0n) is 14.7. The van der Waals surface area contributed by atoms with Gasteiger partial charge < -0.3 is 0 Å². The van der Waals surface area contributed by atoms with E-state index in [1.807, 2.05) is 6.92 Å². The Balaban J connectivity index is 2.06. The maximum Gasteiger partial charge on any atom is 0.181 e. The van der Waals surface area contributed by atoms with Gasteiger partial charge in [-0.15, -0.1) is 0 Å². The van der Waals surface area contributed by atoms with E-state index in [4.69, 9.17) is 0 Å². The normalized spacial score (nSPS) is 26.1. The first-order valence-corrected chi connectivity index (χ1v) is 10.5. The highest BCUT2D eigenvalue weighted by atomic mass is 32.2. The summed E-state index contributed by atoms with van der Waals surface area (Å²) in [4.78, 5) is 38.3. The molecule has 0 saturated heterocycles. The van der Waals surface area contributed by atoms with E-state index in [0.717, 1.165) is 6.26 Å². The summed E-state index contributed by atoms with van der Waals surface area (Å²) in [6.45, 7) is 3.51. The number of hydrogen-bond donors (Lipinski definition) is 0. The van der Waals surface area contributed by atoms with E-state index in [-0.39, 0.29) is 33.9 Å². The number of rotatable bonds is 4. The molecule has 0 aliphatic heterocycles. The van der Waals surface area contributed by atoms with Crippen molar-refractivity contribution >= 4 is 27.2 Å². The molecule has 134 valence electrons. The molecule has 2 fully saturated rings. The van der Waals surface area contributed by atoms with Crippen LogP contribution in [0.1, 0.15) is 47.7 Å². The molecule has 0 amide bonds. The van der Waals surface area contributed by atoms with Gasteiger partial charge in [0.2, 0.25) is 0 Å². The van der Waals surface area contributed by atoms with Crippen LogP contribution in [0, 0.1) is 24.7 Å². The fourth-order valence-electron chi connectivity index (χ4n) is 4.31. The van der Waals surface area contributed by atoms with Crippen molar-refractivity contribution in [2.45, 2.75) is 44.4 Å². The number of Topliss-reactive ketones (excluding diaryl/α,β-unsaturated/α-hetero) is 3. The van der Waals surface area contributed by atoms with Gasteiger partial charge in [0.05, 0.1) is 4.90 Å². The van der Waals surface area contributed by atoms with E-state index in [1.165, 1.54) is 12.1 Å². The molecule has 2 saturated carbocycles. The van der Waals surface area contributed by atoms with Crippen molar-refractivity contribution in [3.63, 3.8) is 0 Å². The smallest absolute Gasteiger partial charge is 0.181 e. The molecule has 25 heavy (non-hydrogen) atoms. The summed E-state index contributed by atoms with van der Waals surface area (Å²) < 4.78 is 23.9. The van der Waals surface area contributed by atoms with Crippen LogP contribution in [0.3, 0.4) is 0 Å². The molecule has 1 aromatic rings. The van der Waals surface area contributed by atoms with Gasteiger partial charge in [-0.25, -0.2) is 8.42 Å². The summed E-state index contributed by atoms with van der Waals surface area (Å²) in [5, 5.41) is 0. The van der Waals surface area contributed by atoms with Gasteiger partial charge in [-0.3, -0.25) is 14.4 Å². The predicted molar refractivity (Wildman–Crippen MR) is 92.3 cm³/mol. The van der Waals surface area contributed by atoms with E-state index >= 15 is 0 Å². The summed E-state index contributed by atoms with van der Waals surface area (Å²) in [6, 6.07) is 2.87. The molecule has 3 rings (SSSR count). The number of fused-ring (bicyclic) bond motifs is 2. The Morgan fingerprint density at radius 1 is 1.12 bits per heavy atom. The topological polar surface area (TPSA) is 85.3 Å². The fraction of sp³-hybridized carbons (Fsp3) is 0.526. The number of carbonyl (C=O) groups excluding carboxylic acids is 3. The van der Waals surface area contributed by atoms with Crippen LogP contribution in [-0.4, -0.2) is 32.0 Å². The zero-order chi connectivity index (χ0) is 18.5. The molecule has 0 radical (unpaired) electrons. The molecule has 0 aromatic heterocycles. The molecular weight excluding hydrogens is 340 g/mol. The number of hydrogen-bond acceptors (Lipinski definition) is 5. The summed E-state index contributed by atoms with van der Waals surface area (Å²) in [6.07, 6.45) is 3.53. The average Bonchev–Trinajstić information content (AvgIpc) is 2.99. The third-order valence-corrected chi connectivity index (χ3v) is 6.82. The van der Waals surface area contributed by atoms with Gasteiger partial charge in [0.1, 0.15) is 5.92 Å². The van der Waals surface area contributed by atoms with Gasteiger partial charge in [-0.2, -0.15) is 0 Å². The first kappa shape index (κ1) is 18.0. The Kier molecular flexibility index (Phi) is 4.43. The number of sulfone groups is 1. The fourth-order valence-corrected chi connectivity index (χ4v) is 5.37. The van der Waals surface area contributed by atoms with Gasteiger partial charge in [0.25, 0.3) is 0 Å². The maximum atomic E-state index is 13.0. The molecular formula is C19H22O5S.